The van der Waals surface area contributed by atoms with Crippen molar-refractivity contribution in [2.75, 3.05) is 17.6 Å². The van der Waals surface area contributed by atoms with Gasteiger partial charge in [-0.25, -0.2) is 0 Å². The van der Waals surface area contributed by atoms with Gasteiger partial charge in [-0.3, -0.25) is 0 Å². The second-order valence-electron chi connectivity index (χ2n) is 4.54. The Balaban J connectivity index is 1.85. The van der Waals surface area contributed by atoms with Crippen LogP contribution < -0.4 is 5.32 Å². The van der Waals surface area contributed by atoms with Crippen molar-refractivity contribution in [3.63, 3.8) is 0 Å². The van der Waals surface area contributed by atoms with Crippen LogP contribution in [0.4, 0.5) is 5.69 Å². The van der Waals surface area contributed by atoms with Crippen molar-refractivity contribution >= 4 is 17.4 Å². The first-order valence-electron chi connectivity index (χ1n) is 6.61. The van der Waals surface area contributed by atoms with E-state index in [1.54, 1.807) is 0 Å². The Hall–Kier alpha value is -1.49. The van der Waals surface area contributed by atoms with E-state index in [9.17, 15) is 0 Å². The van der Waals surface area contributed by atoms with Crippen LogP contribution in [0.2, 0.25) is 0 Å². The third-order valence-electron chi connectivity index (χ3n) is 3.30. The molecular formula is C14H17N3OS. The minimum Gasteiger partial charge on any atom is -0.385 e. The quantitative estimate of drug-likeness (QED) is 0.928. The van der Waals surface area contributed by atoms with Crippen LogP contribution in [0.5, 0.6) is 0 Å². The van der Waals surface area contributed by atoms with Crippen LogP contribution in [-0.4, -0.2) is 22.4 Å². The van der Waals surface area contributed by atoms with Gasteiger partial charge in [0.2, 0.25) is 5.89 Å². The van der Waals surface area contributed by atoms with E-state index >= 15 is 0 Å². The van der Waals surface area contributed by atoms with Gasteiger partial charge in [-0.1, -0.05) is 30.3 Å². The molecule has 0 bridgehead atoms. The summed E-state index contributed by atoms with van der Waals surface area (Å²) in [6.07, 6.45) is 1.000. The smallest absolute Gasteiger partial charge is 0.234 e. The summed E-state index contributed by atoms with van der Waals surface area (Å²) < 4.78 is 5.46. The zero-order valence-electron chi connectivity index (χ0n) is 10.9. The van der Waals surface area contributed by atoms with Gasteiger partial charge in [-0.05, 0) is 23.8 Å². The molecule has 1 N–H and O–H groups in total. The van der Waals surface area contributed by atoms with Crippen molar-refractivity contribution in [2.24, 2.45) is 0 Å². The second-order valence-corrected chi connectivity index (χ2v) is 5.82. The Labute approximate surface area is 117 Å². The normalized spacial score (nSPS) is 17.8. The highest BCUT2D eigenvalue weighted by atomic mass is 32.2. The lowest BCUT2D eigenvalue weighted by atomic mass is 9.91. The molecule has 0 saturated heterocycles. The number of nitrogens with zero attached hydrogens (tertiary/aromatic N) is 2. The Morgan fingerprint density at radius 1 is 1.42 bits per heavy atom. The van der Waals surface area contributed by atoms with Gasteiger partial charge in [0.1, 0.15) is 0 Å². The number of aromatic nitrogens is 2. The van der Waals surface area contributed by atoms with E-state index in [1.165, 1.54) is 11.3 Å². The molecule has 0 aliphatic carbocycles. The van der Waals surface area contributed by atoms with Crippen LogP contribution in [0.1, 0.15) is 36.5 Å². The lowest BCUT2D eigenvalue weighted by molar-refractivity contribution is 0.357. The summed E-state index contributed by atoms with van der Waals surface area (Å²) in [5, 5.41) is 7.48. The summed E-state index contributed by atoms with van der Waals surface area (Å²) in [4.78, 5) is 4.54. The fourth-order valence-corrected chi connectivity index (χ4v) is 2.89. The van der Waals surface area contributed by atoms with E-state index in [-0.39, 0.29) is 5.92 Å². The molecule has 1 aromatic heterocycles. The molecule has 0 saturated carbocycles. The van der Waals surface area contributed by atoms with E-state index in [1.807, 2.05) is 17.8 Å². The lowest BCUT2D eigenvalue weighted by Gasteiger charge is -2.23. The first kappa shape index (κ1) is 12.5. The fourth-order valence-electron chi connectivity index (χ4n) is 2.39. The molecule has 0 fully saturated rings. The molecule has 0 amide bonds. The van der Waals surface area contributed by atoms with Crippen LogP contribution in [0.25, 0.3) is 0 Å². The first-order valence-corrected chi connectivity index (χ1v) is 7.77. The Bertz CT molecular complexity index is 555. The molecular weight excluding hydrogens is 258 g/mol. The van der Waals surface area contributed by atoms with Crippen molar-refractivity contribution in [2.45, 2.75) is 25.0 Å². The number of hydrogen-bond donors (Lipinski definition) is 1. The maximum absolute atomic E-state index is 5.46. The van der Waals surface area contributed by atoms with Gasteiger partial charge in [0.05, 0.1) is 11.7 Å². The molecule has 1 atom stereocenters. The lowest BCUT2D eigenvalue weighted by Crippen LogP contribution is -2.17. The predicted octanol–water partition coefficient (Wildman–Crippen LogP) is 3.27. The first-order chi connectivity index (χ1) is 9.38. The Morgan fingerprint density at radius 2 is 2.32 bits per heavy atom. The molecule has 1 aromatic carbocycles. The van der Waals surface area contributed by atoms with E-state index < -0.39 is 0 Å². The van der Waals surface area contributed by atoms with Gasteiger partial charge in [0.25, 0.3) is 0 Å². The van der Waals surface area contributed by atoms with Crippen molar-refractivity contribution in [3.8, 4) is 0 Å². The van der Waals surface area contributed by atoms with Gasteiger partial charge in [-0.15, -0.1) is 0 Å². The molecule has 100 valence electrons. The molecule has 0 spiro atoms. The Kier molecular flexibility index (Phi) is 3.73. The van der Waals surface area contributed by atoms with Crippen LogP contribution in [-0.2, 0) is 5.75 Å². The highest BCUT2D eigenvalue weighted by Gasteiger charge is 2.26. The number of anilines is 1. The standard InChI is InChI=1S/C14H17N3OS/c1-2-19-9-13-16-14(18-17-13)11-7-8-15-12-6-4-3-5-10(11)12/h3-6,11,15H,2,7-9H2,1H3. The molecule has 1 aliphatic rings. The summed E-state index contributed by atoms with van der Waals surface area (Å²) in [6, 6.07) is 8.34. The third kappa shape index (κ3) is 2.61. The van der Waals surface area contributed by atoms with Gasteiger partial charge in [0, 0.05) is 12.2 Å². The van der Waals surface area contributed by atoms with E-state index in [0.29, 0.717) is 0 Å². The number of hydrogen-bond acceptors (Lipinski definition) is 5. The summed E-state index contributed by atoms with van der Waals surface area (Å²) in [5.41, 5.74) is 2.44. The van der Waals surface area contributed by atoms with E-state index in [2.05, 4.69) is 40.6 Å². The van der Waals surface area contributed by atoms with Crippen LogP contribution in [0, 0.1) is 0 Å². The van der Waals surface area contributed by atoms with Crippen LogP contribution in [0.3, 0.4) is 0 Å². The molecule has 0 radical (unpaired) electrons. The van der Waals surface area contributed by atoms with Crippen molar-refractivity contribution in [1.29, 1.82) is 0 Å². The number of thioether (sulfide) groups is 1. The molecule has 3 rings (SSSR count). The number of rotatable bonds is 4. The second kappa shape index (κ2) is 5.65. The zero-order valence-corrected chi connectivity index (χ0v) is 11.7. The number of nitrogens with one attached hydrogen (secondary N) is 1. The van der Waals surface area contributed by atoms with Gasteiger partial charge in [-0.2, -0.15) is 16.7 Å². The van der Waals surface area contributed by atoms with Crippen molar-refractivity contribution in [3.05, 3.63) is 41.5 Å². The fraction of sp³-hybridized carbons (Fsp3) is 0.429. The van der Waals surface area contributed by atoms with E-state index in [4.69, 9.17) is 4.52 Å². The van der Waals surface area contributed by atoms with Crippen molar-refractivity contribution < 1.29 is 4.52 Å². The maximum Gasteiger partial charge on any atom is 0.234 e. The molecule has 2 heterocycles. The van der Waals surface area contributed by atoms with Gasteiger partial charge in [0.15, 0.2) is 5.82 Å². The zero-order chi connectivity index (χ0) is 13.1. The highest BCUT2D eigenvalue weighted by Crippen LogP contribution is 2.35. The third-order valence-corrected chi connectivity index (χ3v) is 4.17. The minimum atomic E-state index is 0.227. The number of para-hydroxylation sites is 1. The topological polar surface area (TPSA) is 51.0 Å². The minimum absolute atomic E-state index is 0.227. The van der Waals surface area contributed by atoms with Gasteiger partial charge < -0.3 is 9.84 Å². The maximum atomic E-state index is 5.46. The summed E-state index contributed by atoms with van der Waals surface area (Å²) in [7, 11) is 0. The highest BCUT2D eigenvalue weighted by molar-refractivity contribution is 7.98. The molecule has 2 aromatic rings. The summed E-state index contributed by atoms with van der Waals surface area (Å²) in [6.45, 7) is 3.08. The average Bonchev–Trinajstić information content (AvgIpc) is 2.93. The summed E-state index contributed by atoms with van der Waals surface area (Å²) in [5.74, 6) is 3.68. The monoisotopic (exact) mass is 275 g/mol. The van der Waals surface area contributed by atoms with Crippen LogP contribution in [0.15, 0.2) is 28.8 Å². The summed E-state index contributed by atoms with van der Waals surface area (Å²) >= 11 is 1.81. The number of fused-ring (bicyclic) bond motifs is 1. The predicted molar refractivity (Wildman–Crippen MR) is 77.5 cm³/mol. The van der Waals surface area contributed by atoms with Crippen LogP contribution >= 0.6 is 11.8 Å². The largest absolute Gasteiger partial charge is 0.385 e. The molecule has 1 unspecified atom stereocenters. The number of benzene rings is 1. The molecule has 5 heteroatoms. The molecule has 4 nitrogen and oxygen atoms in total. The molecule has 19 heavy (non-hydrogen) atoms. The van der Waals surface area contributed by atoms with Gasteiger partial charge >= 0.3 is 0 Å². The van der Waals surface area contributed by atoms with Crippen molar-refractivity contribution in [1.82, 2.24) is 10.1 Å². The molecule has 1 aliphatic heterocycles. The average molecular weight is 275 g/mol. The SMILES string of the molecule is CCSCc1noc(C2CCNc3ccccc32)n1. The van der Waals surface area contributed by atoms with E-state index in [0.717, 1.165) is 36.2 Å². The Morgan fingerprint density at radius 3 is 3.21 bits per heavy atom.